The lowest BCUT2D eigenvalue weighted by Crippen LogP contribution is -2.17. The highest BCUT2D eigenvalue weighted by atomic mass is 14.9. The third kappa shape index (κ3) is 3.15. The van der Waals surface area contributed by atoms with Crippen molar-refractivity contribution in [1.82, 2.24) is 0 Å². The predicted octanol–water partition coefficient (Wildman–Crippen LogP) is 3.43. The van der Waals surface area contributed by atoms with Crippen molar-refractivity contribution in [2.75, 3.05) is 11.1 Å². The summed E-state index contributed by atoms with van der Waals surface area (Å²) < 4.78 is 0. The standard InChI is InChI=1S/C13H22N2/c1-4-10-7-8-12(9-13(10)14)15-11(5-2)6-3/h7-9,11,15H,4-6,14H2,1-3H3. The molecule has 1 aromatic rings. The van der Waals surface area contributed by atoms with Gasteiger partial charge in [0.25, 0.3) is 0 Å². The van der Waals surface area contributed by atoms with Gasteiger partial charge in [-0.15, -0.1) is 0 Å². The fourth-order valence-corrected chi connectivity index (χ4v) is 1.74. The van der Waals surface area contributed by atoms with Gasteiger partial charge in [-0.25, -0.2) is 0 Å². The molecule has 0 aromatic heterocycles. The van der Waals surface area contributed by atoms with E-state index in [-0.39, 0.29) is 0 Å². The van der Waals surface area contributed by atoms with E-state index in [0.29, 0.717) is 6.04 Å². The van der Waals surface area contributed by atoms with Crippen LogP contribution < -0.4 is 11.1 Å². The molecular formula is C13H22N2. The molecule has 0 saturated heterocycles. The molecule has 0 radical (unpaired) electrons. The third-order valence-electron chi connectivity index (χ3n) is 2.88. The van der Waals surface area contributed by atoms with Crippen LogP contribution in [-0.2, 0) is 6.42 Å². The van der Waals surface area contributed by atoms with Crippen molar-refractivity contribution in [3.63, 3.8) is 0 Å². The summed E-state index contributed by atoms with van der Waals surface area (Å²) in [6, 6.07) is 6.82. The number of rotatable bonds is 5. The Balaban J connectivity index is 2.74. The van der Waals surface area contributed by atoms with E-state index in [0.717, 1.165) is 30.6 Å². The fourth-order valence-electron chi connectivity index (χ4n) is 1.74. The Morgan fingerprint density at radius 2 is 1.87 bits per heavy atom. The van der Waals surface area contributed by atoms with Gasteiger partial charge in [-0.2, -0.15) is 0 Å². The van der Waals surface area contributed by atoms with E-state index in [9.17, 15) is 0 Å². The lowest BCUT2D eigenvalue weighted by atomic mass is 10.1. The zero-order valence-corrected chi connectivity index (χ0v) is 10.0. The first-order chi connectivity index (χ1) is 7.21. The summed E-state index contributed by atoms with van der Waals surface area (Å²) in [6.45, 7) is 6.52. The van der Waals surface area contributed by atoms with E-state index in [1.165, 1.54) is 5.56 Å². The van der Waals surface area contributed by atoms with E-state index in [4.69, 9.17) is 5.73 Å². The zero-order chi connectivity index (χ0) is 11.3. The van der Waals surface area contributed by atoms with Gasteiger partial charge in [-0.3, -0.25) is 0 Å². The minimum absolute atomic E-state index is 0.553. The van der Waals surface area contributed by atoms with Gasteiger partial charge >= 0.3 is 0 Å². The van der Waals surface area contributed by atoms with Gasteiger partial charge in [-0.1, -0.05) is 26.8 Å². The number of nitrogens with one attached hydrogen (secondary N) is 1. The lowest BCUT2D eigenvalue weighted by molar-refractivity contribution is 0.672. The minimum Gasteiger partial charge on any atom is -0.398 e. The number of hydrogen-bond donors (Lipinski definition) is 2. The normalized spacial score (nSPS) is 10.7. The predicted molar refractivity (Wildman–Crippen MR) is 68.2 cm³/mol. The van der Waals surface area contributed by atoms with E-state index in [1.54, 1.807) is 0 Å². The molecular weight excluding hydrogens is 184 g/mol. The average molecular weight is 206 g/mol. The molecule has 2 nitrogen and oxygen atoms in total. The molecule has 1 aromatic carbocycles. The smallest absolute Gasteiger partial charge is 0.0367 e. The highest BCUT2D eigenvalue weighted by Gasteiger charge is 2.04. The third-order valence-corrected chi connectivity index (χ3v) is 2.88. The summed E-state index contributed by atoms with van der Waals surface area (Å²) in [6.07, 6.45) is 3.29. The quantitative estimate of drug-likeness (QED) is 0.724. The summed E-state index contributed by atoms with van der Waals surface area (Å²) in [5, 5.41) is 3.49. The number of anilines is 2. The van der Waals surface area contributed by atoms with Crippen LogP contribution in [0.4, 0.5) is 11.4 Å². The van der Waals surface area contributed by atoms with Gasteiger partial charge in [-0.05, 0) is 37.0 Å². The highest BCUT2D eigenvalue weighted by Crippen LogP contribution is 2.20. The van der Waals surface area contributed by atoms with Crippen molar-refractivity contribution >= 4 is 11.4 Å². The molecule has 0 atom stereocenters. The molecule has 0 aliphatic carbocycles. The van der Waals surface area contributed by atoms with Crippen molar-refractivity contribution in [2.45, 2.75) is 46.1 Å². The second-order valence-electron chi connectivity index (χ2n) is 3.92. The second kappa shape index (κ2) is 5.64. The largest absolute Gasteiger partial charge is 0.398 e. The van der Waals surface area contributed by atoms with Gasteiger partial charge < -0.3 is 11.1 Å². The minimum atomic E-state index is 0.553. The first-order valence-electron chi connectivity index (χ1n) is 5.86. The molecule has 0 spiro atoms. The molecule has 0 amide bonds. The van der Waals surface area contributed by atoms with Gasteiger partial charge in [0.1, 0.15) is 0 Å². The summed E-state index contributed by atoms with van der Waals surface area (Å²) in [5.74, 6) is 0. The van der Waals surface area contributed by atoms with Crippen molar-refractivity contribution in [1.29, 1.82) is 0 Å². The number of hydrogen-bond acceptors (Lipinski definition) is 2. The Morgan fingerprint density at radius 1 is 1.20 bits per heavy atom. The average Bonchev–Trinajstić information content (AvgIpc) is 2.26. The van der Waals surface area contributed by atoms with Crippen LogP contribution in [-0.4, -0.2) is 6.04 Å². The van der Waals surface area contributed by atoms with Crippen molar-refractivity contribution in [3.8, 4) is 0 Å². The fraction of sp³-hybridized carbons (Fsp3) is 0.538. The number of nitrogens with two attached hydrogens (primary N) is 1. The molecule has 0 bridgehead atoms. The molecule has 0 fully saturated rings. The molecule has 84 valence electrons. The zero-order valence-electron chi connectivity index (χ0n) is 10.0. The Kier molecular flexibility index (Phi) is 4.47. The molecule has 0 heterocycles. The van der Waals surface area contributed by atoms with Crippen LogP contribution in [0.1, 0.15) is 39.2 Å². The van der Waals surface area contributed by atoms with Crippen molar-refractivity contribution in [2.24, 2.45) is 0 Å². The first kappa shape index (κ1) is 11.9. The van der Waals surface area contributed by atoms with E-state index in [1.807, 2.05) is 6.07 Å². The number of aryl methyl sites for hydroxylation is 1. The van der Waals surface area contributed by atoms with E-state index < -0.39 is 0 Å². The Morgan fingerprint density at radius 3 is 2.33 bits per heavy atom. The van der Waals surface area contributed by atoms with Crippen LogP contribution in [0.3, 0.4) is 0 Å². The Hall–Kier alpha value is -1.18. The Labute approximate surface area is 92.9 Å². The SMILES string of the molecule is CCc1ccc(NC(CC)CC)cc1N. The first-order valence-corrected chi connectivity index (χ1v) is 5.86. The van der Waals surface area contributed by atoms with Crippen molar-refractivity contribution < 1.29 is 0 Å². The summed E-state index contributed by atoms with van der Waals surface area (Å²) in [5.41, 5.74) is 9.21. The van der Waals surface area contributed by atoms with Crippen LogP contribution in [0.2, 0.25) is 0 Å². The van der Waals surface area contributed by atoms with Crippen LogP contribution >= 0.6 is 0 Å². The summed E-state index contributed by atoms with van der Waals surface area (Å²) in [7, 11) is 0. The molecule has 0 saturated carbocycles. The maximum Gasteiger partial charge on any atom is 0.0367 e. The van der Waals surface area contributed by atoms with Crippen molar-refractivity contribution in [3.05, 3.63) is 23.8 Å². The van der Waals surface area contributed by atoms with Crippen LogP contribution in [0.5, 0.6) is 0 Å². The molecule has 0 aliphatic rings. The van der Waals surface area contributed by atoms with Gasteiger partial charge in [0, 0.05) is 17.4 Å². The molecule has 0 unspecified atom stereocenters. The number of benzene rings is 1. The Bertz CT molecular complexity index is 303. The highest BCUT2D eigenvalue weighted by molar-refractivity contribution is 5.59. The number of nitrogen functional groups attached to an aromatic ring is 1. The van der Waals surface area contributed by atoms with Crippen LogP contribution in [0.25, 0.3) is 0 Å². The molecule has 1 rings (SSSR count). The molecule has 0 aliphatic heterocycles. The maximum absolute atomic E-state index is 5.95. The van der Waals surface area contributed by atoms with E-state index >= 15 is 0 Å². The second-order valence-corrected chi connectivity index (χ2v) is 3.92. The van der Waals surface area contributed by atoms with Crippen LogP contribution in [0.15, 0.2) is 18.2 Å². The molecule has 2 heteroatoms. The topological polar surface area (TPSA) is 38.0 Å². The van der Waals surface area contributed by atoms with Gasteiger partial charge in [0.05, 0.1) is 0 Å². The monoisotopic (exact) mass is 206 g/mol. The summed E-state index contributed by atoms with van der Waals surface area (Å²) >= 11 is 0. The maximum atomic E-state index is 5.95. The molecule has 3 N–H and O–H groups in total. The lowest BCUT2D eigenvalue weighted by Gasteiger charge is -2.17. The van der Waals surface area contributed by atoms with Gasteiger partial charge in [0.2, 0.25) is 0 Å². The molecule has 15 heavy (non-hydrogen) atoms. The van der Waals surface area contributed by atoms with Crippen LogP contribution in [0, 0.1) is 0 Å². The summed E-state index contributed by atoms with van der Waals surface area (Å²) in [4.78, 5) is 0. The van der Waals surface area contributed by atoms with E-state index in [2.05, 4.69) is 38.2 Å². The van der Waals surface area contributed by atoms with Gasteiger partial charge in [0.15, 0.2) is 0 Å².